The number of likely N-dealkylation sites (tertiary alicyclic amines) is 1. The van der Waals surface area contributed by atoms with Gasteiger partial charge in [-0.05, 0) is 61.1 Å². The van der Waals surface area contributed by atoms with Crippen molar-refractivity contribution < 1.29 is 15.4 Å². The number of carbonyl (C=O) groups excluding carboxylic acids is 2. The standard InChI is InChI=1S/C35H47FN6O3S.H2/c1-22-18-23(2)21-40(20-22)30-25(8-6-9-26(30)36)33-41(17-13-35(3,4)5)32(44)28(46-33)19-29(43)39-15-11-24(12-16-39)42-27-10-7-14-37-31(27)38-34(42)45;/h6-10,14,22-24,28,33H,11-13,15-21H2,1-5H3,(H,37,38,45);1H/t22-,23+,28-,33-;/m0./s1. The van der Waals surface area contributed by atoms with Gasteiger partial charge in [-0.3, -0.25) is 19.1 Å². The molecule has 1 aromatic carbocycles. The van der Waals surface area contributed by atoms with Crippen molar-refractivity contribution in [2.75, 3.05) is 37.6 Å². The number of nitrogens with zero attached hydrogens (tertiary/aromatic N) is 5. The summed E-state index contributed by atoms with van der Waals surface area (Å²) < 4.78 is 17.5. The Morgan fingerprint density at radius 1 is 1.09 bits per heavy atom. The summed E-state index contributed by atoms with van der Waals surface area (Å²) in [5.41, 5.74) is 2.60. The zero-order valence-electron chi connectivity index (χ0n) is 27.7. The van der Waals surface area contributed by atoms with Gasteiger partial charge in [-0.2, -0.15) is 0 Å². The summed E-state index contributed by atoms with van der Waals surface area (Å²) in [4.78, 5) is 53.4. The number of carbonyl (C=O) groups is 2. The number of aromatic amines is 1. The molecule has 0 unspecified atom stereocenters. The molecule has 0 aliphatic carbocycles. The summed E-state index contributed by atoms with van der Waals surface area (Å²) in [6, 6.07) is 8.92. The number of benzene rings is 1. The molecular weight excluding hydrogens is 603 g/mol. The first kappa shape index (κ1) is 32.6. The first-order chi connectivity index (χ1) is 21.9. The van der Waals surface area contributed by atoms with Crippen molar-refractivity contribution in [3.63, 3.8) is 0 Å². The molecule has 2 aromatic heterocycles. The third-order valence-electron chi connectivity index (χ3n) is 9.74. The first-order valence-electron chi connectivity index (χ1n) is 16.7. The fraction of sp³-hybridized carbons (Fsp3) is 0.600. The SMILES string of the molecule is C[C@@H]1C[C@H](C)CN(c2c(F)cccc2[C@@H]2S[C@@H](CC(=O)N3CCC(n4c(=O)[nH]c5ncccc54)CC3)C(=O)N2CCC(C)(C)C)C1.[HH]. The quantitative estimate of drug-likeness (QED) is 0.326. The topological polar surface area (TPSA) is 94.5 Å². The number of nitrogens with one attached hydrogen (secondary N) is 1. The van der Waals surface area contributed by atoms with Gasteiger partial charge >= 0.3 is 5.69 Å². The van der Waals surface area contributed by atoms with Crippen LogP contribution in [0.2, 0.25) is 0 Å². The number of para-hydroxylation sites is 1. The van der Waals surface area contributed by atoms with Crippen LogP contribution in [0.5, 0.6) is 0 Å². The van der Waals surface area contributed by atoms with E-state index in [0.717, 1.165) is 37.0 Å². The molecular formula is C35H49FN6O3S. The van der Waals surface area contributed by atoms with Gasteiger partial charge in [-0.15, -0.1) is 11.8 Å². The summed E-state index contributed by atoms with van der Waals surface area (Å²) in [5, 5.41) is -0.896. The number of pyridine rings is 1. The van der Waals surface area contributed by atoms with Gasteiger partial charge in [0, 0.05) is 58.4 Å². The number of hydrogen-bond donors (Lipinski definition) is 1. The Hall–Kier alpha value is -3.34. The number of halogens is 1. The summed E-state index contributed by atoms with van der Waals surface area (Å²) in [5.74, 6) is 0.552. The second-order valence-electron chi connectivity index (χ2n) is 14.8. The molecule has 3 aliphatic heterocycles. The average Bonchev–Trinajstić information content (AvgIpc) is 3.50. The molecule has 250 valence electrons. The monoisotopic (exact) mass is 652 g/mol. The molecule has 0 saturated carbocycles. The van der Waals surface area contributed by atoms with Crippen LogP contribution in [-0.4, -0.2) is 74.1 Å². The Morgan fingerprint density at radius 3 is 2.50 bits per heavy atom. The van der Waals surface area contributed by atoms with Crippen molar-refractivity contribution in [1.82, 2.24) is 24.3 Å². The van der Waals surface area contributed by atoms with Crippen LogP contribution in [0, 0.1) is 23.1 Å². The molecule has 3 fully saturated rings. The molecule has 3 saturated heterocycles. The number of aromatic nitrogens is 3. The van der Waals surface area contributed by atoms with E-state index >= 15 is 4.39 Å². The Bertz CT molecular complexity index is 1640. The number of thioether (sulfide) groups is 1. The number of imidazole rings is 1. The second-order valence-corrected chi connectivity index (χ2v) is 16.1. The normalized spacial score (nSPS) is 24.7. The van der Waals surface area contributed by atoms with Gasteiger partial charge in [0.2, 0.25) is 11.8 Å². The van der Waals surface area contributed by atoms with E-state index in [1.54, 1.807) is 16.8 Å². The molecule has 46 heavy (non-hydrogen) atoms. The van der Waals surface area contributed by atoms with Gasteiger partial charge in [-0.25, -0.2) is 14.2 Å². The predicted octanol–water partition coefficient (Wildman–Crippen LogP) is 6.22. The van der Waals surface area contributed by atoms with E-state index in [2.05, 4.69) is 49.5 Å². The molecule has 6 rings (SSSR count). The van der Waals surface area contributed by atoms with Crippen molar-refractivity contribution in [3.8, 4) is 0 Å². The number of rotatable bonds is 7. The molecule has 4 atom stereocenters. The van der Waals surface area contributed by atoms with Gasteiger partial charge in [0.25, 0.3) is 0 Å². The van der Waals surface area contributed by atoms with Crippen LogP contribution in [0.25, 0.3) is 11.2 Å². The minimum atomic E-state index is -0.534. The van der Waals surface area contributed by atoms with Crippen molar-refractivity contribution in [3.05, 3.63) is 58.4 Å². The van der Waals surface area contributed by atoms with Crippen molar-refractivity contribution >= 4 is 40.4 Å². The lowest BCUT2D eigenvalue weighted by Crippen LogP contribution is -2.42. The lowest BCUT2D eigenvalue weighted by molar-refractivity contribution is -0.136. The van der Waals surface area contributed by atoms with Crippen LogP contribution >= 0.6 is 11.8 Å². The molecule has 2 amide bonds. The highest BCUT2D eigenvalue weighted by Crippen LogP contribution is 2.49. The van der Waals surface area contributed by atoms with E-state index in [-0.39, 0.29) is 48.0 Å². The van der Waals surface area contributed by atoms with E-state index in [9.17, 15) is 14.4 Å². The molecule has 0 spiro atoms. The first-order valence-corrected chi connectivity index (χ1v) is 17.7. The van der Waals surface area contributed by atoms with E-state index < -0.39 is 5.25 Å². The van der Waals surface area contributed by atoms with Gasteiger partial charge in [0.15, 0.2) is 5.65 Å². The van der Waals surface area contributed by atoms with E-state index in [0.29, 0.717) is 55.6 Å². The number of piperidine rings is 2. The van der Waals surface area contributed by atoms with Gasteiger partial charge in [0.1, 0.15) is 11.2 Å². The number of anilines is 1. The van der Waals surface area contributed by atoms with E-state index in [1.165, 1.54) is 17.8 Å². The Labute approximate surface area is 276 Å². The minimum absolute atomic E-state index is 0. The van der Waals surface area contributed by atoms with Crippen molar-refractivity contribution in [2.24, 2.45) is 17.3 Å². The molecule has 0 bridgehead atoms. The highest BCUT2D eigenvalue weighted by atomic mass is 32.2. The predicted molar refractivity (Wildman–Crippen MR) is 183 cm³/mol. The number of hydrogen-bond acceptors (Lipinski definition) is 6. The average molecular weight is 653 g/mol. The number of fused-ring (bicyclic) bond motifs is 1. The van der Waals surface area contributed by atoms with Crippen LogP contribution in [-0.2, 0) is 9.59 Å². The van der Waals surface area contributed by atoms with Gasteiger partial charge in [0.05, 0.1) is 16.5 Å². The van der Waals surface area contributed by atoms with E-state index in [4.69, 9.17) is 0 Å². The Balaban J connectivity index is 0.00000433. The summed E-state index contributed by atoms with van der Waals surface area (Å²) >= 11 is 1.49. The molecule has 5 heterocycles. The molecule has 11 heteroatoms. The van der Waals surface area contributed by atoms with E-state index in [1.807, 2.05) is 28.0 Å². The fourth-order valence-electron chi connectivity index (χ4n) is 7.54. The van der Waals surface area contributed by atoms with Crippen LogP contribution < -0.4 is 10.6 Å². The second kappa shape index (κ2) is 13.0. The molecule has 1 N–H and O–H groups in total. The molecule has 0 radical (unpaired) electrons. The Morgan fingerprint density at radius 2 is 1.80 bits per heavy atom. The van der Waals surface area contributed by atoms with Crippen LogP contribution in [0.3, 0.4) is 0 Å². The summed E-state index contributed by atoms with van der Waals surface area (Å²) in [6.07, 6.45) is 4.99. The third kappa shape index (κ3) is 6.71. The fourth-order valence-corrected chi connectivity index (χ4v) is 9.04. The van der Waals surface area contributed by atoms with Crippen LogP contribution in [0.1, 0.15) is 85.1 Å². The maximum atomic E-state index is 15.7. The van der Waals surface area contributed by atoms with Crippen molar-refractivity contribution in [1.29, 1.82) is 0 Å². The van der Waals surface area contributed by atoms with Crippen molar-refractivity contribution in [2.45, 2.75) is 83.4 Å². The zero-order chi connectivity index (χ0) is 32.7. The van der Waals surface area contributed by atoms with Gasteiger partial charge in [-0.1, -0.05) is 46.8 Å². The maximum absolute atomic E-state index is 15.7. The largest absolute Gasteiger partial charge is 0.368 e. The summed E-state index contributed by atoms with van der Waals surface area (Å²) in [6.45, 7) is 14.1. The lowest BCUT2D eigenvalue weighted by atomic mass is 9.90. The zero-order valence-corrected chi connectivity index (χ0v) is 28.5. The number of H-pyrrole nitrogens is 1. The lowest BCUT2D eigenvalue weighted by Gasteiger charge is -2.39. The third-order valence-corrected chi connectivity index (χ3v) is 11.2. The maximum Gasteiger partial charge on any atom is 0.327 e. The minimum Gasteiger partial charge on any atom is -0.368 e. The highest BCUT2D eigenvalue weighted by molar-refractivity contribution is 8.01. The molecule has 3 aliphatic rings. The molecule has 3 aromatic rings. The van der Waals surface area contributed by atoms with Crippen LogP contribution in [0.4, 0.5) is 10.1 Å². The Kier molecular flexibility index (Phi) is 9.24. The van der Waals surface area contributed by atoms with Gasteiger partial charge < -0.3 is 14.7 Å². The van der Waals surface area contributed by atoms with Crippen LogP contribution in [0.15, 0.2) is 41.3 Å². The smallest absolute Gasteiger partial charge is 0.327 e. The molecule has 9 nitrogen and oxygen atoms in total. The number of amides is 2. The summed E-state index contributed by atoms with van der Waals surface area (Å²) in [7, 11) is 0. The highest BCUT2D eigenvalue weighted by Gasteiger charge is 2.44.